The van der Waals surface area contributed by atoms with E-state index in [1.54, 1.807) is 0 Å². The van der Waals surface area contributed by atoms with Crippen molar-refractivity contribution in [2.24, 2.45) is 0 Å². The molecule has 0 unspecified atom stereocenters. The Kier molecular flexibility index (Phi) is 9.67. The second-order valence-electron chi connectivity index (χ2n) is 11.4. The van der Waals surface area contributed by atoms with Crippen molar-refractivity contribution in [3.8, 4) is 11.5 Å². The van der Waals surface area contributed by atoms with Crippen molar-refractivity contribution in [3.63, 3.8) is 0 Å². The van der Waals surface area contributed by atoms with Gasteiger partial charge in [-0.05, 0) is 80.6 Å². The van der Waals surface area contributed by atoms with Crippen molar-refractivity contribution >= 4 is 22.8 Å². The molecule has 2 N–H and O–H groups in total. The molecule has 3 rings (SSSR count). The van der Waals surface area contributed by atoms with E-state index in [-0.39, 0.29) is 40.9 Å². The first-order valence-electron chi connectivity index (χ1n) is 13.7. The zero-order valence-corrected chi connectivity index (χ0v) is 25.0. The predicted molar refractivity (Wildman–Crippen MR) is 162 cm³/mol. The molecule has 6 heteroatoms. The number of phenolic OH excluding ortho intramolecular Hbond substituents is 1. The first-order chi connectivity index (χ1) is 18.8. The summed E-state index contributed by atoms with van der Waals surface area (Å²) in [5, 5.41) is 21.9. The summed E-state index contributed by atoms with van der Waals surface area (Å²) in [5.41, 5.74) is 3.44. The van der Waals surface area contributed by atoms with Gasteiger partial charge >= 0.3 is 0 Å². The fourth-order valence-corrected chi connectivity index (χ4v) is 5.07. The lowest BCUT2D eigenvalue weighted by molar-refractivity contribution is -0.123. The van der Waals surface area contributed by atoms with Crippen LogP contribution in [0.25, 0.3) is 17.0 Å². The molecule has 2 aromatic rings. The van der Waals surface area contributed by atoms with Crippen LogP contribution in [0.15, 0.2) is 67.6 Å². The zero-order valence-electron chi connectivity index (χ0n) is 25.0. The van der Waals surface area contributed by atoms with Gasteiger partial charge in [0.2, 0.25) is 11.2 Å². The Morgan fingerprint density at radius 1 is 0.925 bits per heavy atom. The molecule has 0 radical (unpaired) electrons. The number of benzene rings is 1. The van der Waals surface area contributed by atoms with Crippen LogP contribution in [0.4, 0.5) is 0 Å². The number of methoxy groups -OCH3 is 1. The average Bonchev–Trinajstić information content (AvgIpc) is 2.87. The van der Waals surface area contributed by atoms with Gasteiger partial charge in [0.1, 0.15) is 28.2 Å². The second kappa shape index (κ2) is 12.6. The van der Waals surface area contributed by atoms with Crippen molar-refractivity contribution in [1.82, 2.24) is 0 Å². The van der Waals surface area contributed by atoms with Gasteiger partial charge in [-0.2, -0.15) is 0 Å². The number of rotatable bonds is 10. The molecule has 0 fully saturated rings. The number of carbonyl (C=O) groups excluding carboxylic acids is 1. The minimum Gasteiger partial charge on any atom is -0.507 e. The van der Waals surface area contributed by atoms with Gasteiger partial charge in [-0.1, -0.05) is 46.6 Å². The summed E-state index contributed by atoms with van der Waals surface area (Å²) in [6, 6.07) is 1.42. The van der Waals surface area contributed by atoms with Crippen LogP contribution in [0.5, 0.6) is 11.5 Å². The fourth-order valence-electron chi connectivity index (χ4n) is 5.07. The second-order valence-corrected chi connectivity index (χ2v) is 11.4. The number of phenols is 1. The monoisotopic (exact) mass is 546 g/mol. The summed E-state index contributed by atoms with van der Waals surface area (Å²) in [7, 11) is 1.49. The molecular weight excluding hydrogens is 504 g/mol. The summed E-state index contributed by atoms with van der Waals surface area (Å²) in [6.45, 7) is 13.9. The molecule has 1 aliphatic carbocycles. The lowest BCUT2D eigenvalue weighted by Gasteiger charge is -2.34. The smallest absolute Gasteiger partial charge is 0.208 e. The van der Waals surface area contributed by atoms with Crippen molar-refractivity contribution in [2.45, 2.75) is 86.0 Å². The van der Waals surface area contributed by atoms with Gasteiger partial charge in [-0.15, -0.1) is 0 Å². The van der Waals surface area contributed by atoms with Gasteiger partial charge in [0.25, 0.3) is 0 Å². The molecule has 0 amide bonds. The minimum atomic E-state index is -1.38. The number of aliphatic hydroxyl groups excluding tert-OH is 1. The van der Waals surface area contributed by atoms with Gasteiger partial charge in [-0.3, -0.25) is 9.59 Å². The summed E-state index contributed by atoms with van der Waals surface area (Å²) in [5.74, 6) is -0.754. The Balaban J connectivity index is 2.36. The van der Waals surface area contributed by atoms with Crippen LogP contribution in [-0.2, 0) is 16.6 Å². The summed E-state index contributed by atoms with van der Waals surface area (Å²) >= 11 is 0. The van der Waals surface area contributed by atoms with Crippen molar-refractivity contribution < 1.29 is 24.2 Å². The van der Waals surface area contributed by atoms with Crippen molar-refractivity contribution in [1.29, 1.82) is 0 Å². The van der Waals surface area contributed by atoms with E-state index < -0.39 is 22.4 Å². The number of carbonyl (C=O) groups is 1. The van der Waals surface area contributed by atoms with E-state index in [0.29, 0.717) is 17.7 Å². The maximum Gasteiger partial charge on any atom is 0.208 e. The number of ether oxygens (including phenoxy) is 1. The molecule has 0 aliphatic heterocycles. The highest BCUT2D eigenvalue weighted by molar-refractivity contribution is 6.08. The van der Waals surface area contributed by atoms with Crippen LogP contribution in [0.1, 0.15) is 91.0 Å². The number of aromatic hydroxyl groups is 1. The predicted octanol–water partition coefficient (Wildman–Crippen LogP) is 8.17. The number of Topliss-reactive ketones (excluding diaryl/α,β-unsaturated/α-hetero) is 1. The third-order valence-corrected chi connectivity index (χ3v) is 7.33. The van der Waals surface area contributed by atoms with Crippen LogP contribution in [-0.4, -0.2) is 23.1 Å². The Bertz CT molecular complexity index is 1510. The highest BCUT2D eigenvalue weighted by Gasteiger charge is 2.47. The molecule has 1 aliphatic rings. The molecule has 1 atom stereocenters. The Morgan fingerprint density at radius 3 is 2.15 bits per heavy atom. The van der Waals surface area contributed by atoms with E-state index in [0.717, 1.165) is 29.6 Å². The third kappa shape index (κ3) is 6.33. The van der Waals surface area contributed by atoms with Gasteiger partial charge in [0.15, 0.2) is 5.76 Å². The van der Waals surface area contributed by atoms with E-state index >= 15 is 0 Å². The number of hydrogen-bond acceptors (Lipinski definition) is 6. The maximum atomic E-state index is 14.3. The molecule has 0 saturated heterocycles. The molecule has 0 saturated carbocycles. The van der Waals surface area contributed by atoms with Crippen LogP contribution in [0.3, 0.4) is 0 Å². The number of aliphatic hydroxyl groups is 1. The van der Waals surface area contributed by atoms with Gasteiger partial charge in [0, 0.05) is 17.7 Å². The Hall–Kier alpha value is -3.80. The molecule has 1 aromatic heterocycles. The Labute approximate surface area is 237 Å². The SMILES string of the molecule is COc1cc(O)c2c(=O)c3c(oc2c1CC=C(C)C)C=C(O)C(=O)[C@@]3(CC=C(C)C)CC=C(C)CCC=C(C)C. The van der Waals surface area contributed by atoms with E-state index in [9.17, 15) is 19.8 Å². The third-order valence-electron chi connectivity index (χ3n) is 7.33. The number of allylic oxidation sites excluding steroid dienone is 9. The molecule has 1 aromatic carbocycles. The first kappa shape index (κ1) is 30.7. The quantitative estimate of drug-likeness (QED) is 0.292. The fraction of sp³-hybridized carbons (Fsp3) is 0.412. The number of ketones is 1. The van der Waals surface area contributed by atoms with Crippen molar-refractivity contribution in [3.05, 3.63) is 85.5 Å². The molecular formula is C34H42O6. The maximum absolute atomic E-state index is 14.3. The van der Waals surface area contributed by atoms with Crippen LogP contribution in [0, 0.1) is 0 Å². The summed E-state index contributed by atoms with van der Waals surface area (Å²) < 4.78 is 11.8. The largest absolute Gasteiger partial charge is 0.507 e. The summed E-state index contributed by atoms with van der Waals surface area (Å²) in [6.07, 6.45) is 11.8. The van der Waals surface area contributed by atoms with Crippen LogP contribution in [0.2, 0.25) is 0 Å². The Morgan fingerprint density at radius 2 is 1.55 bits per heavy atom. The van der Waals surface area contributed by atoms with Crippen LogP contribution < -0.4 is 10.2 Å². The van der Waals surface area contributed by atoms with E-state index in [2.05, 4.69) is 19.9 Å². The average molecular weight is 547 g/mol. The topological polar surface area (TPSA) is 97.0 Å². The van der Waals surface area contributed by atoms with Crippen molar-refractivity contribution in [2.75, 3.05) is 7.11 Å². The van der Waals surface area contributed by atoms with Crippen LogP contribution >= 0.6 is 0 Å². The molecule has 6 nitrogen and oxygen atoms in total. The number of fused-ring (bicyclic) bond motifs is 2. The van der Waals surface area contributed by atoms with E-state index in [4.69, 9.17) is 9.15 Å². The lowest BCUT2D eigenvalue weighted by Crippen LogP contribution is -2.43. The molecule has 0 spiro atoms. The van der Waals surface area contributed by atoms with Gasteiger partial charge in [-0.25, -0.2) is 0 Å². The first-order valence-corrected chi connectivity index (χ1v) is 13.7. The van der Waals surface area contributed by atoms with E-state index in [1.807, 2.05) is 52.8 Å². The van der Waals surface area contributed by atoms with Gasteiger partial charge in [0.05, 0.1) is 18.1 Å². The summed E-state index contributed by atoms with van der Waals surface area (Å²) in [4.78, 5) is 28.1. The molecule has 0 bridgehead atoms. The lowest BCUT2D eigenvalue weighted by atomic mass is 9.67. The number of hydrogen-bond donors (Lipinski definition) is 2. The normalized spacial score (nSPS) is 16.8. The highest BCUT2D eigenvalue weighted by Crippen LogP contribution is 2.44. The molecule has 1 heterocycles. The zero-order chi connectivity index (χ0) is 29.8. The molecule has 40 heavy (non-hydrogen) atoms. The van der Waals surface area contributed by atoms with Gasteiger partial charge < -0.3 is 19.4 Å². The minimum absolute atomic E-state index is 0.00475. The molecule has 214 valence electrons. The standard InChI is InChI=1S/C34H42O6/c1-20(2)10-9-11-23(7)15-17-34(16-14-22(5)6)30-28(19-26(36)33(34)38)40-32-24(13-12-21(3)4)27(39-8)18-25(35)29(32)31(30)37/h10,12,14-15,18-19,35-36H,9,11,13,16-17H2,1-8H3/t34-/m0/s1. The van der Waals surface area contributed by atoms with E-state index in [1.165, 1.54) is 24.8 Å². The highest BCUT2D eigenvalue weighted by atomic mass is 16.5.